The monoisotopic (exact) mass is 339 g/mol. The molecule has 2 aliphatic rings. The van der Waals surface area contributed by atoms with E-state index in [2.05, 4.69) is 15.5 Å². The summed E-state index contributed by atoms with van der Waals surface area (Å²) in [4.78, 5) is 28.2. The number of nitrogens with zero attached hydrogens (tertiary/aromatic N) is 3. The van der Waals surface area contributed by atoms with Crippen molar-refractivity contribution in [2.45, 2.75) is 18.9 Å². The Balaban J connectivity index is 1.39. The summed E-state index contributed by atoms with van der Waals surface area (Å²) in [5, 5.41) is 9.95. The largest absolute Gasteiger partial charge is 0.337 e. The van der Waals surface area contributed by atoms with Gasteiger partial charge in [0, 0.05) is 37.8 Å². The first-order valence-electron chi connectivity index (χ1n) is 8.67. The van der Waals surface area contributed by atoms with Crippen LogP contribution in [0.15, 0.2) is 36.4 Å². The highest BCUT2D eigenvalue weighted by Gasteiger charge is 2.32. The molecule has 4 rings (SSSR count). The molecule has 0 saturated carbocycles. The van der Waals surface area contributed by atoms with Gasteiger partial charge >= 0.3 is 6.03 Å². The highest BCUT2D eigenvalue weighted by atomic mass is 16.2. The van der Waals surface area contributed by atoms with Crippen LogP contribution in [0.2, 0.25) is 0 Å². The molecule has 2 aromatic rings. The minimum Gasteiger partial charge on any atom is -0.337 e. The van der Waals surface area contributed by atoms with Crippen molar-refractivity contribution in [1.82, 2.24) is 25.3 Å². The number of H-pyrrole nitrogens is 1. The van der Waals surface area contributed by atoms with Crippen molar-refractivity contribution >= 4 is 11.9 Å². The van der Waals surface area contributed by atoms with Crippen LogP contribution in [0.5, 0.6) is 0 Å². The highest BCUT2D eigenvalue weighted by Crippen LogP contribution is 2.21. The Labute approximate surface area is 146 Å². The first-order valence-corrected chi connectivity index (χ1v) is 8.67. The number of hydrogen-bond donors (Lipinski definition) is 2. The molecule has 3 heterocycles. The first-order chi connectivity index (χ1) is 12.2. The fraction of sp³-hybridized carbons (Fsp3) is 0.389. The van der Waals surface area contributed by atoms with Gasteiger partial charge < -0.3 is 15.1 Å². The molecule has 1 aromatic carbocycles. The zero-order valence-electron chi connectivity index (χ0n) is 13.9. The predicted octanol–water partition coefficient (Wildman–Crippen LogP) is 1.71. The summed E-state index contributed by atoms with van der Waals surface area (Å²) < 4.78 is 0. The highest BCUT2D eigenvalue weighted by molar-refractivity contribution is 5.93. The van der Waals surface area contributed by atoms with Crippen molar-refractivity contribution in [3.63, 3.8) is 0 Å². The number of carbonyl (C=O) groups is 2. The van der Waals surface area contributed by atoms with E-state index in [9.17, 15) is 9.59 Å². The van der Waals surface area contributed by atoms with Gasteiger partial charge in [0.1, 0.15) is 5.69 Å². The normalized spacial score (nSPS) is 18.5. The van der Waals surface area contributed by atoms with Crippen molar-refractivity contribution in [2.75, 3.05) is 26.2 Å². The minimum atomic E-state index is -0.0287. The van der Waals surface area contributed by atoms with E-state index in [4.69, 9.17) is 0 Å². The number of amides is 3. The van der Waals surface area contributed by atoms with Gasteiger partial charge in [0.25, 0.3) is 5.91 Å². The summed E-state index contributed by atoms with van der Waals surface area (Å²) in [5.41, 5.74) is 2.26. The molecule has 0 aliphatic carbocycles. The maximum atomic E-state index is 12.7. The van der Waals surface area contributed by atoms with Crippen molar-refractivity contribution in [1.29, 1.82) is 0 Å². The number of likely N-dealkylation sites (tertiary alicyclic amines) is 1. The van der Waals surface area contributed by atoms with Crippen molar-refractivity contribution in [2.24, 2.45) is 0 Å². The summed E-state index contributed by atoms with van der Waals surface area (Å²) in [5.74, 6) is -0.0287. The number of benzene rings is 1. The van der Waals surface area contributed by atoms with Gasteiger partial charge in [0.2, 0.25) is 0 Å². The molecular formula is C18H21N5O2. The molecule has 2 fully saturated rings. The quantitative estimate of drug-likeness (QED) is 0.893. The van der Waals surface area contributed by atoms with Crippen LogP contribution in [0.3, 0.4) is 0 Å². The molecule has 0 radical (unpaired) electrons. The Bertz CT molecular complexity index is 765. The van der Waals surface area contributed by atoms with Gasteiger partial charge in [-0.3, -0.25) is 9.89 Å². The topological polar surface area (TPSA) is 81.3 Å². The maximum absolute atomic E-state index is 12.7. The van der Waals surface area contributed by atoms with Crippen molar-refractivity contribution in [3.8, 4) is 11.3 Å². The molecule has 0 atom stereocenters. The van der Waals surface area contributed by atoms with E-state index in [1.165, 1.54) is 0 Å². The average Bonchev–Trinajstić information content (AvgIpc) is 3.31. The fourth-order valence-corrected chi connectivity index (χ4v) is 3.57. The average molecular weight is 339 g/mol. The molecule has 0 unspecified atom stereocenters. The Morgan fingerprint density at radius 2 is 1.88 bits per heavy atom. The molecule has 0 bridgehead atoms. The second-order valence-electron chi connectivity index (χ2n) is 6.48. The number of piperidine rings is 1. The number of aromatic nitrogens is 2. The molecule has 7 heteroatoms. The number of nitrogens with one attached hydrogen (secondary N) is 2. The second kappa shape index (κ2) is 6.58. The van der Waals surface area contributed by atoms with Crippen LogP contribution in [0, 0.1) is 0 Å². The van der Waals surface area contributed by atoms with Crippen LogP contribution in [0.4, 0.5) is 4.79 Å². The lowest BCUT2D eigenvalue weighted by Crippen LogP contribution is -2.47. The summed E-state index contributed by atoms with van der Waals surface area (Å²) in [6.45, 7) is 2.80. The zero-order valence-corrected chi connectivity index (χ0v) is 13.9. The Morgan fingerprint density at radius 3 is 2.56 bits per heavy atom. The third-order valence-corrected chi connectivity index (χ3v) is 4.96. The lowest BCUT2D eigenvalue weighted by molar-refractivity contribution is 0.0660. The van der Waals surface area contributed by atoms with Gasteiger partial charge in [-0.05, 0) is 18.9 Å². The van der Waals surface area contributed by atoms with Crippen LogP contribution in [-0.2, 0) is 0 Å². The standard InChI is InChI=1S/C18H21N5O2/c24-17(16-12-15(20-21-16)13-4-2-1-3-5-13)22-9-6-14(7-10-22)23-11-8-19-18(23)25/h1-5,12,14H,6-11H2,(H,19,25)(H,20,21). The minimum absolute atomic E-state index is 0.0193. The number of aromatic amines is 1. The lowest BCUT2D eigenvalue weighted by Gasteiger charge is -2.35. The molecular weight excluding hydrogens is 318 g/mol. The van der Waals surface area contributed by atoms with Crippen molar-refractivity contribution < 1.29 is 9.59 Å². The first kappa shape index (κ1) is 15.7. The Kier molecular flexibility index (Phi) is 4.13. The van der Waals surface area contributed by atoms with Crippen molar-refractivity contribution in [3.05, 3.63) is 42.1 Å². The van der Waals surface area contributed by atoms with Gasteiger partial charge in [-0.15, -0.1) is 0 Å². The van der Waals surface area contributed by atoms with E-state index in [1.54, 1.807) is 6.07 Å². The predicted molar refractivity (Wildman–Crippen MR) is 93.1 cm³/mol. The molecule has 2 aliphatic heterocycles. The van der Waals surface area contributed by atoms with Gasteiger partial charge in [-0.2, -0.15) is 5.10 Å². The van der Waals surface area contributed by atoms with E-state index < -0.39 is 0 Å². The van der Waals surface area contributed by atoms with Crippen LogP contribution in [0.1, 0.15) is 23.3 Å². The molecule has 130 valence electrons. The summed E-state index contributed by atoms with van der Waals surface area (Å²) >= 11 is 0. The van der Waals surface area contributed by atoms with Gasteiger partial charge in [-0.1, -0.05) is 30.3 Å². The third-order valence-electron chi connectivity index (χ3n) is 4.96. The molecule has 0 spiro atoms. The van der Waals surface area contributed by atoms with Crippen LogP contribution < -0.4 is 5.32 Å². The zero-order chi connectivity index (χ0) is 17.2. The Hall–Kier alpha value is -2.83. The smallest absolute Gasteiger partial charge is 0.317 e. The second-order valence-corrected chi connectivity index (χ2v) is 6.48. The molecule has 2 N–H and O–H groups in total. The molecule has 25 heavy (non-hydrogen) atoms. The van der Waals surface area contributed by atoms with Crippen LogP contribution in [0.25, 0.3) is 11.3 Å². The van der Waals surface area contributed by atoms with E-state index in [0.717, 1.165) is 30.6 Å². The summed E-state index contributed by atoms with van der Waals surface area (Å²) in [7, 11) is 0. The molecule has 7 nitrogen and oxygen atoms in total. The molecule has 2 saturated heterocycles. The van der Waals surface area contributed by atoms with Crippen LogP contribution in [-0.4, -0.2) is 64.2 Å². The third kappa shape index (κ3) is 3.09. The van der Waals surface area contributed by atoms with Gasteiger partial charge in [0.05, 0.1) is 5.69 Å². The lowest BCUT2D eigenvalue weighted by atomic mass is 10.0. The van der Waals surface area contributed by atoms with E-state index >= 15 is 0 Å². The van der Waals surface area contributed by atoms with E-state index in [0.29, 0.717) is 25.3 Å². The number of hydrogen-bond acceptors (Lipinski definition) is 3. The number of carbonyl (C=O) groups excluding carboxylic acids is 2. The summed E-state index contributed by atoms with van der Waals surface area (Å²) in [6.07, 6.45) is 1.64. The van der Waals surface area contributed by atoms with Gasteiger partial charge in [0.15, 0.2) is 0 Å². The SMILES string of the molecule is O=C(c1cc(-c2ccccc2)n[nH]1)N1CCC(N2CCNC2=O)CC1. The van der Waals surface area contributed by atoms with Gasteiger partial charge in [-0.25, -0.2) is 4.79 Å². The molecule has 3 amide bonds. The number of urea groups is 1. The maximum Gasteiger partial charge on any atom is 0.317 e. The Morgan fingerprint density at radius 1 is 1.12 bits per heavy atom. The van der Waals surface area contributed by atoms with E-state index in [-0.39, 0.29) is 18.0 Å². The fourth-order valence-electron chi connectivity index (χ4n) is 3.57. The van der Waals surface area contributed by atoms with Crippen LogP contribution >= 0.6 is 0 Å². The molecule has 1 aromatic heterocycles. The number of rotatable bonds is 3. The van der Waals surface area contributed by atoms with E-state index in [1.807, 2.05) is 40.1 Å². The summed E-state index contributed by atoms with van der Waals surface area (Å²) in [6, 6.07) is 11.8.